The normalized spacial score (nSPS) is 14.7. The number of hydrogen-bond donors (Lipinski definition) is 0. The van der Waals surface area contributed by atoms with Crippen LogP contribution in [0.4, 0.5) is 5.69 Å². The van der Waals surface area contributed by atoms with E-state index in [2.05, 4.69) is 58.3 Å². The molecule has 0 radical (unpaired) electrons. The second-order valence-corrected chi connectivity index (χ2v) is 7.85. The van der Waals surface area contributed by atoms with Crippen molar-refractivity contribution < 1.29 is 9.53 Å². The number of esters is 1. The zero-order valence-electron chi connectivity index (χ0n) is 16.0. The van der Waals surface area contributed by atoms with Crippen LogP contribution in [0.25, 0.3) is 10.1 Å². The number of thiophene rings is 1. The Kier molecular flexibility index (Phi) is 6.94. The molecule has 4 nitrogen and oxygen atoms in total. The molecule has 2 heterocycles. The molecule has 1 aliphatic heterocycles. The van der Waals surface area contributed by atoms with Gasteiger partial charge in [0.1, 0.15) is 4.88 Å². The van der Waals surface area contributed by atoms with Gasteiger partial charge >= 0.3 is 5.97 Å². The number of carbonyl (C=O) groups is 1. The fraction of sp³-hybridized carbons (Fsp3) is 0.318. The number of carbonyl (C=O) groups excluding carboxylic acids is 1. The van der Waals surface area contributed by atoms with Gasteiger partial charge in [-0.1, -0.05) is 36.4 Å². The van der Waals surface area contributed by atoms with Crippen molar-refractivity contribution in [2.24, 2.45) is 0 Å². The van der Waals surface area contributed by atoms with Gasteiger partial charge < -0.3 is 9.64 Å². The van der Waals surface area contributed by atoms with Crippen molar-refractivity contribution >= 4 is 45.5 Å². The summed E-state index contributed by atoms with van der Waals surface area (Å²) in [7, 11) is 0. The lowest BCUT2D eigenvalue weighted by Gasteiger charge is -2.36. The van der Waals surface area contributed by atoms with E-state index in [1.54, 1.807) is 0 Å². The molecule has 1 aliphatic rings. The Morgan fingerprint density at radius 2 is 1.79 bits per heavy atom. The van der Waals surface area contributed by atoms with Gasteiger partial charge in [0.25, 0.3) is 0 Å². The SMILES string of the molecule is CCOC(=O)c1cc2c(N3CCN(Cc4ccccc4)CC3)cccc2s1.Cl. The lowest BCUT2D eigenvalue weighted by Crippen LogP contribution is -2.46. The summed E-state index contributed by atoms with van der Waals surface area (Å²) >= 11 is 1.51. The number of fused-ring (bicyclic) bond motifs is 1. The van der Waals surface area contributed by atoms with Gasteiger partial charge in [-0.2, -0.15) is 0 Å². The maximum atomic E-state index is 12.1. The molecule has 0 amide bonds. The molecule has 0 saturated carbocycles. The second-order valence-electron chi connectivity index (χ2n) is 6.77. The minimum absolute atomic E-state index is 0. The zero-order valence-corrected chi connectivity index (χ0v) is 17.6. The average molecular weight is 417 g/mol. The molecule has 28 heavy (non-hydrogen) atoms. The molecular formula is C22H25ClN2O2S. The number of halogens is 1. The number of ether oxygens (including phenoxy) is 1. The van der Waals surface area contributed by atoms with Crippen molar-refractivity contribution in [3.8, 4) is 0 Å². The maximum Gasteiger partial charge on any atom is 0.348 e. The topological polar surface area (TPSA) is 32.8 Å². The molecule has 0 N–H and O–H groups in total. The molecule has 0 bridgehead atoms. The van der Waals surface area contributed by atoms with E-state index in [0.717, 1.165) is 42.8 Å². The molecule has 148 valence electrons. The first-order valence-corrected chi connectivity index (χ1v) is 10.3. The van der Waals surface area contributed by atoms with Crippen molar-refractivity contribution in [2.75, 3.05) is 37.7 Å². The van der Waals surface area contributed by atoms with Crippen LogP contribution in [0.3, 0.4) is 0 Å². The van der Waals surface area contributed by atoms with Gasteiger partial charge in [-0.25, -0.2) is 4.79 Å². The fourth-order valence-corrected chi connectivity index (χ4v) is 4.59. The number of rotatable bonds is 5. The second kappa shape index (κ2) is 9.41. The van der Waals surface area contributed by atoms with E-state index >= 15 is 0 Å². The first-order valence-electron chi connectivity index (χ1n) is 9.45. The minimum atomic E-state index is -0.225. The standard InChI is InChI=1S/C22H24N2O2S.ClH/c1-2-26-22(25)21-15-18-19(9-6-10-20(18)27-21)24-13-11-23(12-14-24)16-17-7-4-3-5-8-17;/h3-10,15H,2,11-14,16H2,1H3;1H. The molecule has 0 unspecified atom stereocenters. The van der Waals surface area contributed by atoms with E-state index in [9.17, 15) is 4.79 Å². The summed E-state index contributed by atoms with van der Waals surface area (Å²) in [4.78, 5) is 17.7. The van der Waals surface area contributed by atoms with Crippen molar-refractivity contribution in [3.05, 3.63) is 65.0 Å². The quantitative estimate of drug-likeness (QED) is 0.558. The van der Waals surface area contributed by atoms with Crippen molar-refractivity contribution in [1.29, 1.82) is 0 Å². The Balaban J connectivity index is 0.00000225. The summed E-state index contributed by atoms with van der Waals surface area (Å²) in [5, 5.41) is 1.15. The highest BCUT2D eigenvalue weighted by molar-refractivity contribution is 7.20. The third kappa shape index (κ3) is 4.49. The smallest absolute Gasteiger partial charge is 0.348 e. The summed E-state index contributed by atoms with van der Waals surface area (Å²) in [5.74, 6) is -0.225. The summed E-state index contributed by atoms with van der Waals surface area (Å²) in [6.07, 6.45) is 0. The first kappa shape index (κ1) is 20.6. The first-order chi connectivity index (χ1) is 13.2. The van der Waals surface area contributed by atoms with Crippen molar-refractivity contribution in [2.45, 2.75) is 13.5 Å². The Morgan fingerprint density at radius 3 is 2.50 bits per heavy atom. The third-order valence-electron chi connectivity index (χ3n) is 4.98. The third-order valence-corrected chi connectivity index (χ3v) is 6.06. The number of hydrogen-bond acceptors (Lipinski definition) is 5. The number of piperazine rings is 1. The maximum absolute atomic E-state index is 12.1. The lowest BCUT2D eigenvalue weighted by molar-refractivity contribution is 0.0532. The van der Waals surface area contributed by atoms with E-state index in [1.165, 1.54) is 22.6 Å². The Morgan fingerprint density at radius 1 is 1.04 bits per heavy atom. The van der Waals surface area contributed by atoms with Gasteiger partial charge in [0.2, 0.25) is 0 Å². The largest absolute Gasteiger partial charge is 0.462 e. The van der Waals surface area contributed by atoms with Crippen LogP contribution in [0.15, 0.2) is 54.6 Å². The molecule has 6 heteroatoms. The summed E-state index contributed by atoms with van der Waals surface area (Å²) in [6.45, 7) is 7.33. The Bertz CT molecular complexity index is 921. The van der Waals surface area contributed by atoms with E-state index in [4.69, 9.17) is 4.74 Å². The van der Waals surface area contributed by atoms with Crippen LogP contribution in [-0.2, 0) is 11.3 Å². The van der Waals surface area contributed by atoms with Gasteiger partial charge in [-0.15, -0.1) is 23.7 Å². The number of nitrogens with zero attached hydrogens (tertiary/aromatic N) is 2. The van der Waals surface area contributed by atoms with Crippen molar-refractivity contribution in [3.63, 3.8) is 0 Å². The van der Waals surface area contributed by atoms with Crippen LogP contribution in [0.1, 0.15) is 22.2 Å². The van der Waals surface area contributed by atoms with Gasteiger partial charge in [-0.3, -0.25) is 4.90 Å². The summed E-state index contributed by atoms with van der Waals surface area (Å²) in [5.41, 5.74) is 2.59. The molecule has 1 fully saturated rings. The molecule has 4 rings (SSSR count). The zero-order chi connectivity index (χ0) is 18.6. The highest BCUT2D eigenvalue weighted by Crippen LogP contribution is 2.34. The number of anilines is 1. The van der Waals surface area contributed by atoms with Crippen LogP contribution < -0.4 is 4.90 Å². The monoisotopic (exact) mass is 416 g/mol. The van der Waals surface area contributed by atoms with Gasteiger partial charge in [0.15, 0.2) is 0 Å². The van der Waals surface area contributed by atoms with Crippen LogP contribution in [0.2, 0.25) is 0 Å². The van der Waals surface area contributed by atoms with Gasteiger partial charge in [0, 0.05) is 48.5 Å². The van der Waals surface area contributed by atoms with Crippen LogP contribution in [0.5, 0.6) is 0 Å². The molecule has 0 atom stereocenters. The van der Waals surface area contributed by atoms with Crippen molar-refractivity contribution in [1.82, 2.24) is 4.90 Å². The molecule has 3 aromatic rings. The highest BCUT2D eigenvalue weighted by Gasteiger charge is 2.20. The minimum Gasteiger partial charge on any atom is -0.462 e. The van der Waals surface area contributed by atoms with Gasteiger partial charge in [0.05, 0.1) is 6.61 Å². The predicted octanol–water partition coefficient (Wildman–Crippen LogP) is 4.82. The van der Waals surface area contributed by atoms with E-state index in [-0.39, 0.29) is 18.4 Å². The van der Waals surface area contributed by atoms with Crippen LogP contribution in [-0.4, -0.2) is 43.7 Å². The molecule has 2 aromatic carbocycles. The predicted molar refractivity (Wildman–Crippen MR) is 119 cm³/mol. The van der Waals surface area contributed by atoms with E-state index in [0.29, 0.717) is 11.5 Å². The molecule has 0 spiro atoms. The van der Waals surface area contributed by atoms with Gasteiger partial charge in [-0.05, 0) is 30.7 Å². The Hall–Kier alpha value is -2.08. The van der Waals surface area contributed by atoms with Crippen LogP contribution in [0, 0.1) is 0 Å². The summed E-state index contributed by atoms with van der Waals surface area (Å²) < 4.78 is 6.31. The summed E-state index contributed by atoms with van der Waals surface area (Å²) in [6, 6.07) is 19.0. The number of benzene rings is 2. The molecule has 1 aromatic heterocycles. The lowest BCUT2D eigenvalue weighted by atomic mass is 10.1. The Labute approximate surface area is 176 Å². The highest BCUT2D eigenvalue weighted by atomic mass is 35.5. The molecular weight excluding hydrogens is 392 g/mol. The molecule has 0 aliphatic carbocycles. The van der Waals surface area contributed by atoms with E-state index in [1.807, 2.05) is 13.0 Å². The average Bonchev–Trinajstić information content (AvgIpc) is 3.14. The molecule has 1 saturated heterocycles. The van der Waals surface area contributed by atoms with Crippen LogP contribution >= 0.6 is 23.7 Å². The van der Waals surface area contributed by atoms with E-state index < -0.39 is 0 Å². The fourth-order valence-electron chi connectivity index (χ4n) is 3.61.